The summed E-state index contributed by atoms with van der Waals surface area (Å²) in [4.78, 5) is 4.05. The lowest BCUT2D eigenvalue weighted by atomic mass is 10.3. The Hall–Kier alpha value is -1.44. The summed E-state index contributed by atoms with van der Waals surface area (Å²) in [6, 6.07) is 3.53. The van der Waals surface area contributed by atoms with Gasteiger partial charge in [-0.25, -0.2) is 4.68 Å². The van der Waals surface area contributed by atoms with Gasteiger partial charge < -0.3 is 5.73 Å². The maximum Gasteiger partial charge on any atom is 0.141 e. The predicted octanol–water partition coefficient (Wildman–Crippen LogP) is 1.16. The van der Waals surface area contributed by atoms with Gasteiger partial charge in [-0.2, -0.15) is 5.10 Å². The van der Waals surface area contributed by atoms with Crippen LogP contribution in [0.25, 0.3) is 5.69 Å². The van der Waals surface area contributed by atoms with Crippen LogP contribution in [0.4, 0.5) is 0 Å². The van der Waals surface area contributed by atoms with E-state index in [1.807, 2.05) is 12.3 Å². The molecule has 15 heavy (non-hydrogen) atoms. The van der Waals surface area contributed by atoms with Crippen molar-refractivity contribution in [2.24, 2.45) is 5.73 Å². The predicted molar refractivity (Wildman–Crippen MR) is 65.1 cm³/mol. The standard InChI is InChI=1S/C9H8IN5/c10-6-3-14-15(5-6)7-1-2-8(9(11)12)13-4-7/h1-5H,(H3,11,12). The molecule has 0 aliphatic rings. The Morgan fingerprint density at radius 1 is 1.40 bits per heavy atom. The zero-order valence-corrected chi connectivity index (χ0v) is 9.84. The number of nitrogen functional groups attached to an aromatic ring is 1. The molecule has 2 rings (SSSR count). The van der Waals surface area contributed by atoms with Gasteiger partial charge >= 0.3 is 0 Å². The molecule has 0 aliphatic heterocycles. The summed E-state index contributed by atoms with van der Waals surface area (Å²) in [7, 11) is 0. The molecule has 0 spiro atoms. The third-order valence-electron chi connectivity index (χ3n) is 1.84. The highest BCUT2D eigenvalue weighted by atomic mass is 127. The molecule has 6 heteroatoms. The summed E-state index contributed by atoms with van der Waals surface area (Å²) in [6.45, 7) is 0. The van der Waals surface area contributed by atoms with Gasteiger partial charge in [-0.15, -0.1) is 0 Å². The molecule has 0 saturated heterocycles. The Morgan fingerprint density at radius 2 is 2.20 bits per heavy atom. The minimum atomic E-state index is -0.0309. The molecule has 0 aliphatic carbocycles. The van der Waals surface area contributed by atoms with Gasteiger partial charge in [0.15, 0.2) is 0 Å². The minimum absolute atomic E-state index is 0.0309. The summed E-state index contributed by atoms with van der Waals surface area (Å²) in [5, 5.41) is 11.4. The molecule has 0 fully saturated rings. The fourth-order valence-corrected chi connectivity index (χ4v) is 1.51. The summed E-state index contributed by atoms with van der Waals surface area (Å²) in [5.41, 5.74) is 6.63. The van der Waals surface area contributed by atoms with Crippen molar-refractivity contribution in [3.63, 3.8) is 0 Å². The number of nitrogens with two attached hydrogens (primary N) is 1. The lowest BCUT2D eigenvalue weighted by Crippen LogP contribution is -2.13. The number of amidine groups is 1. The molecule has 0 unspecified atom stereocenters. The average Bonchev–Trinajstić information content (AvgIpc) is 2.65. The molecule has 76 valence electrons. The summed E-state index contributed by atoms with van der Waals surface area (Å²) < 4.78 is 2.78. The van der Waals surface area contributed by atoms with Crippen molar-refractivity contribution in [1.29, 1.82) is 5.41 Å². The molecule has 0 amide bonds. The molecular formula is C9H8IN5. The number of hydrogen-bond acceptors (Lipinski definition) is 3. The number of nitrogens with one attached hydrogen (secondary N) is 1. The lowest BCUT2D eigenvalue weighted by molar-refractivity contribution is 0.873. The van der Waals surface area contributed by atoms with E-state index in [0.29, 0.717) is 5.69 Å². The van der Waals surface area contributed by atoms with E-state index in [-0.39, 0.29) is 5.84 Å². The quantitative estimate of drug-likeness (QED) is 0.496. The van der Waals surface area contributed by atoms with Gasteiger partial charge in [-0.05, 0) is 34.7 Å². The first kappa shape index (κ1) is 10.1. The summed E-state index contributed by atoms with van der Waals surface area (Å²) in [5.74, 6) is -0.0309. The van der Waals surface area contributed by atoms with E-state index in [1.165, 1.54) is 0 Å². The highest BCUT2D eigenvalue weighted by molar-refractivity contribution is 14.1. The zero-order chi connectivity index (χ0) is 10.8. The second-order valence-corrected chi connectivity index (χ2v) is 4.16. The number of nitrogens with zero attached hydrogens (tertiary/aromatic N) is 3. The molecule has 0 aromatic carbocycles. The van der Waals surface area contributed by atoms with E-state index in [0.717, 1.165) is 9.26 Å². The van der Waals surface area contributed by atoms with Gasteiger partial charge in [-0.3, -0.25) is 10.4 Å². The van der Waals surface area contributed by atoms with Crippen LogP contribution in [0.1, 0.15) is 5.69 Å². The summed E-state index contributed by atoms with van der Waals surface area (Å²) in [6.07, 6.45) is 5.30. The summed E-state index contributed by atoms with van der Waals surface area (Å²) >= 11 is 2.19. The number of rotatable bonds is 2. The molecular weight excluding hydrogens is 305 g/mol. The minimum Gasteiger partial charge on any atom is -0.382 e. The van der Waals surface area contributed by atoms with Crippen LogP contribution in [0.5, 0.6) is 0 Å². The molecule has 2 aromatic heterocycles. The van der Waals surface area contributed by atoms with Crippen LogP contribution < -0.4 is 5.73 Å². The van der Waals surface area contributed by atoms with Crippen LogP contribution in [0.3, 0.4) is 0 Å². The van der Waals surface area contributed by atoms with Gasteiger partial charge in [0.2, 0.25) is 0 Å². The molecule has 0 radical (unpaired) electrons. The maximum atomic E-state index is 7.21. The molecule has 0 bridgehead atoms. The number of pyridine rings is 1. The molecule has 0 saturated carbocycles. The van der Waals surface area contributed by atoms with E-state index in [1.54, 1.807) is 23.1 Å². The van der Waals surface area contributed by atoms with Crippen LogP contribution in [0.15, 0.2) is 30.7 Å². The third-order valence-corrected chi connectivity index (χ3v) is 2.40. The van der Waals surface area contributed by atoms with E-state index in [2.05, 4.69) is 32.7 Å². The van der Waals surface area contributed by atoms with Gasteiger partial charge in [0.1, 0.15) is 11.5 Å². The second kappa shape index (κ2) is 3.97. The van der Waals surface area contributed by atoms with E-state index in [4.69, 9.17) is 11.1 Å². The van der Waals surface area contributed by atoms with Crippen molar-refractivity contribution in [3.05, 3.63) is 40.0 Å². The number of halogens is 1. The Morgan fingerprint density at radius 3 is 2.67 bits per heavy atom. The monoisotopic (exact) mass is 313 g/mol. The van der Waals surface area contributed by atoms with Crippen molar-refractivity contribution in [2.75, 3.05) is 0 Å². The number of hydrogen-bond donors (Lipinski definition) is 2. The van der Waals surface area contributed by atoms with Gasteiger partial charge in [0, 0.05) is 6.20 Å². The highest BCUT2D eigenvalue weighted by Gasteiger charge is 2.01. The van der Waals surface area contributed by atoms with Gasteiger partial charge in [-0.1, -0.05) is 0 Å². The first-order valence-electron chi connectivity index (χ1n) is 4.18. The molecule has 3 N–H and O–H groups in total. The molecule has 0 atom stereocenters. The lowest BCUT2D eigenvalue weighted by Gasteiger charge is -2.01. The van der Waals surface area contributed by atoms with Crippen molar-refractivity contribution in [2.45, 2.75) is 0 Å². The van der Waals surface area contributed by atoms with Crippen LogP contribution in [-0.4, -0.2) is 20.6 Å². The van der Waals surface area contributed by atoms with Crippen LogP contribution in [0, 0.1) is 8.98 Å². The van der Waals surface area contributed by atoms with Crippen LogP contribution in [0.2, 0.25) is 0 Å². The third kappa shape index (κ3) is 2.14. The smallest absolute Gasteiger partial charge is 0.141 e. The van der Waals surface area contributed by atoms with E-state index in [9.17, 15) is 0 Å². The molecule has 5 nitrogen and oxygen atoms in total. The Bertz CT molecular complexity index is 487. The Balaban J connectivity index is 2.35. The zero-order valence-electron chi connectivity index (χ0n) is 7.68. The highest BCUT2D eigenvalue weighted by Crippen LogP contribution is 2.08. The molecule has 2 aromatic rings. The fraction of sp³-hybridized carbons (Fsp3) is 0. The van der Waals surface area contributed by atoms with Crippen LogP contribution in [-0.2, 0) is 0 Å². The Kier molecular flexibility index (Phi) is 2.67. The Labute approximate surface area is 100.0 Å². The second-order valence-electron chi connectivity index (χ2n) is 2.92. The number of aromatic nitrogens is 3. The van der Waals surface area contributed by atoms with Gasteiger partial charge in [0.25, 0.3) is 0 Å². The average molecular weight is 313 g/mol. The van der Waals surface area contributed by atoms with Crippen molar-refractivity contribution < 1.29 is 0 Å². The first-order valence-corrected chi connectivity index (χ1v) is 5.25. The van der Waals surface area contributed by atoms with Crippen molar-refractivity contribution in [3.8, 4) is 5.69 Å². The van der Waals surface area contributed by atoms with Crippen LogP contribution >= 0.6 is 22.6 Å². The fourth-order valence-electron chi connectivity index (χ4n) is 1.12. The SMILES string of the molecule is N=C(N)c1ccc(-n2cc(I)cn2)cn1. The first-order chi connectivity index (χ1) is 7.16. The van der Waals surface area contributed by atoms with Gasteiger partial charge in [0.05, 0.1) is 21.7 Å². The topological polar surface area (TPSA) is 80.6 Å². The molecule has 2 heterocycles. The normalized spacial score (nSPS) is 10.2. The van der Waals surface area contributed by atoms with Crippen molar-refractivity contribution >= 4 is 28.4 Å². The van der Waals surface area contributed by atoms with E-state index < -0.39 is 0 Å². The van der Waals surface area contributed by atoms with Crippen molar-refractivity contribution in [1.82, 2.24) is 14.8 Å². The maximum absolute atomic E-state index is 7.21. The largest absolute Gasteiger partial charge is 0.382 e. The van der Waals surface area contributed by atoms with E-state index >= 15 is 0 Å².